The van der Waals surface area contributed by atoms with E-state index in [-0.39, 0.29) is 5.88 Å². The van der Waals surface area contributed by atoms with E-state index in [0.29, 0.717) is 18.1 Å². The van der Waals surface area contributed by atoms with Crippen molar-refractivity contribution in [3.05, 3.63) is 17.6 Å². The van der Waals surface area contributed by atoms with E-state index in [1.165, 1.54) is 4.52 Å². The molecule has 6 heteroatoms. The van der Waals surface area contributed by atoms with Gasteiger partial charge in [0, 0.05) is 11.8 Å². The standard InChI is InChI=1S/C10H15N5O/c1-4-7-5-9(16)15-10(11-7)12-8(13-15)6-14(2)3/h5,16H,4,6H2,1-3H3. The molecule has 0 unspecified atom stereocenters. The zero-order chi connectivity index (χ0) is 11.7. The van der Waals surface area contributed by atoms with Crippen molar-refractivity contribution in [2.24, 2.45) is 0 Å². The van der Waals surface area contributed by atoms with Gasteiger partial charge in [0.1, 0.15) is 0 Å². The van der Waals surface area contributed by atoms with E-state index < -0.39 is 0 Å². The molecule has 0 radical (unpaired) electrons. The zero-order valence-electron chi connectivity index (χ0n) is 9.67. The minimum Gasteiger partial charge on any atom is -0.493 e. The number of aromatic nitrogens is 4. The van der Waals surface area contributed by atoms with Crippen LogP contribution in [0.15, 0.2) is 6.07 Å². The summed E-state index contributed by atoms with van der Waals surface area (Å²) in [6.45, 7) is 2.61. The van der Waals surface area contributed by atoms with Gasteiger partial charge in [0.15, 0.2) is 5.82 Å². The summed E-state index contributed by atoms with van der Waals surface area (Å²) in [4.78, 5) is 10.5. The topological polar surface area (TPSA) is 66.6 Å². The van der Waals surface area contributed by atoms with E-state index >= 15 is 0 Å². The van der Waals surface area contributed by atoms with Crippen LogP contribution in [0.5, 0.6) is 5.88 Å². The molecule has 6 nitrogen and oxygen atoms in total. The van der Waals surface area contributed by atoms with Crippen molar-refractivity contribution in [2.45, 2.75) is 19.9 Å². The maximum absolute atomic E-state index is 9.74. The van der Waals surface area contributed by atoms with Crippen LogP contribution in [0.4, 0.5) is 0 Å². The largest absolute Gasteiger partial charge is 0.493 e. The van der Waals surface area contributed by atoms with Gasteiger partial charge in [-0.15, -0.1) is 5.10 Å². The minimum atomic E-state index is 0.0827. The van der Waals surface area contributed by atoms with Gasteiger partial charge in [-0.1, -0.05) is 6.92 Å². The minimum absolute atomic E-state index is 0.0827. The molecule has 0 saturated heterocycles. The molecule has 0 aromatic carbocycles. The molecular weight excluding hydrogens is 206 g/mol. The van der Waals surface area contributed by atoms with Gasteiger partial charge in [0.05, 0.1) is 6.54 Å². The molecule has 0 aliphatic carbocycles. The van der Waals surface area contributed by atoms with Crippen molar-refractivity contribution in [3.63, 3.8) is 0 Å². The molecule has 0 bridgehead atoms. The van der Waals surface area contributed by atoms with Crippen LogP contribution in [0, 0.1) is 0 Å². The highest BCUT2D eigenvalue weighted by Crippen LogP contribution is 2.12. The first kappa shape index (κ1) is 10.8. The number of aromatic hydroxyl groups is 1. The molecule has 2 aromatic rings. The maximum Gasteiger partial charge on any atom is 0.255 e. The number of hydrogen-bond acceptors (Lipinski definition) is 5. The normalized spacial score (nSPS) is 11.5. The Bertz CT molecular complexity index is 505. The smallest absolute Gasteiger partial charge is 0.255 e. The Balaban J connectivity index is 2.48. The van der Waals surface area contributed by atoms with Crippen LogP contribution in [0.25, 0.3) is 5.78 Å². The fraction of sp³-hybridized carbons (Fsp3) is 0.500. The quantitative estimate of drug-likeness (QED) is 0.815. The van der Waals surface area contributed by atoms with Crippen LogP contribution in [0.2, 0.25) is 0 Å². The van der Waals surface area contributed by atoms with Crippen molar-refractivity contribution in [1.29, 1.82) is 0 Å². The Kier molecular flexibility index (Phi) is 2.74. The van der Waals surface area contributed by atoms with Gasteiger partial charge in [-0.25, -0.2) is 4.98 Å². The van der Waals surface area contributed by atoms with Crippen molar-refractivity contribution in [3.8, 4) is 5.88 Å². The predicted octanol–water partition coefficient (Wildman–Crippen LogP) is 0.454. The van der Waals surface area contributed by atoms with Crippen molar-refractivity contribution in [2.75, 3.05) is 14.1 Å². The molecule has 0 aliphatic rings. The molecular formula is C10H15N5O. The Morgan fingerprint density at radius 1 is 1.38 bits per heavy atom. The molecule has 2 rings (SSSR count). The van der Waals surface area contributed by atoms with Crippen molar-refractivity contribution < 1.29 is 5.11 Å². The fourth-order valence-corrected chi connectivity index (χ4v) is 1.47. The van der Waals surface area contributed by atoms with E-state index in [2.05, 4.69) is 15.1 Å². The first-order chi connectivity index (χ1) is 7.60. The summed E-state index contributed by atoms with van der Waals surface area (Å²) >= 11 is 0. The fourth-order valence-electron chi connectivity index (χ4n) is 1.47. The molecule has 0 fully saturated rings. The van der Waals surface area contributed by atoms with Crippen LogP contribution < -0.4 is 0 Å². The van der Waals surface area contributed by atoms with E-state index in [4.69, 9.17) is 0 Å². The first-order valence-electron chi connectivity index (χ1n) is 5.19. The van der Waals surface area contributed by atoms with Crippen molar-refractivity contribution in [1.82, 2.24) is 24.5 Å². The molecule has 0 spiro atoms. The number of fused-ring (bicyclic) bond motifs is 1. The molecule has 2 aromatic heterocycles. The maximum atomic E-state index is 9.74. The molecule has 0 saturated carbocycles. The van der Waals surface area contributed by atoms with E-state index in [1.807, 2.05) is 25.9 Å². The summed E-state index contributed by atoms with van der Waals surface area (Å²) in [5.74, 6) is 1.19. The summed E-state index contributed by atoms with van der Waals surface area (Å²) < 4.78 is 1.36. The lowest BCUT2D eigenvalue weighted by Crippen LogP contribution is -2.11. The van der Waals surface area contributed by atoms with E-state index in [9.17, 15) is 5.11 Å². The van der Waals surface area contributed by atoms with Crippen LogP contribution in [-0.2, 0) is 13.0 Å². The number of rotatable bonds is 3. The van der Waals surface area contributed by atoms with Crippen molar-refractivity contribution >= 4 is 5.78 Å². The molecule has 0 atom stereocenters. The van der Waals surface area contributed by atoms with Gasteiger partial charge in [-0.3, -0.25) is 0 Å². The second-order valence-electron chi connectivity index (χ2n) is 3.94. The Labute approximate surface area is 93.6 Å². The summed E-state index contributed by atoms with van der Waals surface area (Å²) in [5, 5.41) is 13.9. The highest BCUT2D eigenvalue weighted by Gasteiger charge is 2.10. The first-order valence-corrected chi connectivity index (χ1v) is 5.19. The van der Waals surface area contributed by atoms with Gasteiger partial charge in [-0.2, -0.15) is 9.50 Å². The third-order valence-corrected chi connectivity index (χ3v) is 2.21. The predicted molar refractivity (Wildman–Crippen MR) is 59.2 cm³/mol. The molecule has 16 heavy (non-hydrogen) atoms. The lowest BCUT2D eigenvalue weighted by Gasteiger charge is -2.03. The van der Waals surface area contributed by atoms with Crippen LogP contribution in [0.3, 0.4) is 0 Å². The second kappa shape index (κ2) is 4.05. The molecule has 86 valence electrons. The number of hydrogen-bond donors (Lipinski definition) is 1. The number of aryl methyl sites for hydroxylation is 1. The van der Waals surface area contributed by atoms with Gasteiger partial charge >= 0.3 is 0 Å². The average Bonchev–Trinajstić information content (AvgIpc) is 2.59. The lowest BCUT2D eigenvalue weighted by atomic mass is 10.3. The van der Waals surface area contributed by atoms with Crippen LogP contribution in [0.1, 0.15) is 18.4 Å². The highest BCUT2D eigenvalue weighted by molar-refractivity contribution is 5.33. The van der Waals surface area contributed by atoms with Gasteiger partial charge in [-0.05, 0) is 20.5 Å². The second-order valence-corrected chi connectivity index (χ2v) is 3.94. The molecule has 2 heterocycles. The third kappa shape index (κ3) is 1.96. The van der Waals surface area contributed by atoms with Crippen LogP contribution >= 0.6 is 0 Å². The summed E-state index contributed by atoms with van der Waals surface area (Å²) in [6.07, 6.45) is 0.764. The lowest BCUT2D eigenvalue weighted by molar-refractivity contribution is 0.387. The van der Waals surface area contributed by atoms with Gasteiger partial charge in [0.25, 0.3) is 5.78 Å². The zero-order valence-corrected chi connectivity index (χ0v) is 9.67. The van der Waals surface area contributed by atoms with Gasteiger partial charge in [0.2, 0.25) is 5.88 Å². The Morgan fingerprint density at radius 3 is 2.75 bits per heavy atom. The van der Waals surface area contributed by atoms with Crippen LogP contribution in [-0.4, -0.2) is 43.7 Å². The van der Waals surface area contributed by atoms with E-state index in [0.717, 1.165) is 12.1 Å². The summed E-state index contributed by atoms with van der Waals surface area (Å²) in [6, 6.07) is 1.61. The number of nitrogens with zero attached hydrogens (tertiary/aromatic N) is 5. The SMILES string of the molecule is CCc1cc(O)n2nc(CN(C)C)nc2n1. The molecule has 0 amide bonds. The monoisotopic (exact) mass is 221 g/mol. The summed E-state index contributed by atoms with van der Waals surface area (Å²) in [7, 11) is 3.88. The Morgan fingerprint density at radius 2 is 2.12 bits per heavy atom. The Hall–Kier alpha value is -1.69. The van der Waals surface area contributed by atoms with Gasteiger partial charge < -0.3 is 10.0 Å². The molecule has 1 N–H and O–H groups in total. The third-order valence-electron chi connectivity index (χ3n) is 2.21. The highest BCUT2D eigenvalue weighted by atomic mass is 16.3. The summed E-state index contributed by atoms with van der Waals surface area (Å²) in [5.41, 5.74) is 0.814. The van der Waals surface area contributed by atoms with E-state index in [1.54, 1.807) is 6.07 Å². The molecule has 0 aliphatic heterocycles. The average molecular weight is 221 g/mol.